The van der Waals surface area contributed by atoms with Crippen LogP contribution in [-0.4, -0.2) is 11.5 Å². The molecule has 0 saturated heterocycles. The lowest BCUT2D eigenvalue weighted by atomic mass is 10.2. The smallest absolute Gasteiger partial charge is 0.312 e. The van der Waals surface area contributed by atoms with Crippen molar-refractivity contribution in [2.75, 3.05) is 6.61 Å². The van der Waals surface area contributed by atoms with Crippen molar-refractivity contribution in [3.05, 3.63) is 46.5 Å². The number of unbranched alkanes of at least 4 members (excludes halogenated alkanes) is 3. The largest absolute Gasteiger partial charge is 0.487 e. The van der Waals surface area contributed by atoms with Gasteiger partial charge in [-0.05, 0) is 37.8 Å². The molecule has 0 unspecified atom stereocenters. The molecule has 0 bridgehead atoms. The zero-order chi connectivity index (χ0) is 14.1. The van der Waals surface area contributed by atoms with Crippen molar-refractivity contribution in [3.63, 3.8) is 0 Å². The average molecular weight is 260 g/mol. The third-order valence-electron chi connectivity index (χ3n) is 2.59. The van der Waals surface area contributed by atoms with Crippen LogP contribution in [0.25, 0.3) is 0 Å². The van der Waals surface area contributed by atoms with Crippen molar-refractivity contribution in [1.29, 1.82) is 5.26 Å². The van der Waals surface area contributed by atoms with Gasteiger partial charge < -0.3 is 4.74 Å². The minimum Gasteiger partial charge on any atom is -0.487 e. The summed E-state index contributed by atoms with van der Waals surface area (Å²) in [7, 11) is 0. The van der Waals surface area contributed by atoms with Gasteiger partial charge in [-0.3, -0.25) is 10.1 Å². The van der Waals surface area contributed by atoms with Crippen LogP contribution in [0.3, 0.4) is 0 Å². The molecular formula is C14H16N2O3. The maximum atomic E-state index is 10.9. The molecule has 0 radical (unpaired) electrons. The first-order valence-corrected chi connectivity index (χ1v) is 6.11. The van der Waals surface area contributed by atoms with Gasteiger partial charge in [0.05, 0.1) is 23.2 Å². The van der Waals surface area contributed by atoms with Gasteiger partial charge in [0.1, 0.15) is 0 Å². The molecule has 100 valence electrons. The Balaban J connectivity index is 2.56. The van der Waals surface area contributed by atoms with Gasteiger partial charge in [-0.2, -0.15) is 5.26 Å². The van der Waals surface area contributed by atoms with Gasteiger partial charge >= 0.3 is 5.69 Å². The highest BCUT2D eigenvalue weighted by Gasteiger charge is 2.15. The molecular weight excluding hydrogens is 244 g/mol. The SMILES string of the molecule is C=CCCCCCOc1ccc(C#N)cc1[N+](=O)[O-]. The van der Waals surface area contributed by atoms with E-state index in [2.05, 4.69) is 6.58 Å². The Hall–Kier alpha value is -2.35. The Morgan fingerprint density at radius 2 is 2.21 bits per heavy atom. The van der Waals surface area contributed by atoms with Crippen molar-refractivity contribution in [2.24, 2.45) is 0 Å². The minimum atomic E-state index is -0.534. The molecule has 0 heterocycles. The third kappa shape index (κ3) is 4.80. The summed E-state index contributed by atoms with van der Waals surface area (Å²) < 4.78 is 5.40. The second-order valence-corrected chi connectivity index (χ2v) is 4.04. The molecule has 0 N–H and O–H groups in total. The van der Waals surface area contributed by atoms with Crippen molar-refractivity contribution >= 4 is 5.69 Å². The predicted molar refractivity (Wildman–Crippen MR) is 72.0 cm³/mol. The quantitative estimate of drug-likeness (QED) is 0.310. The molecule has 0 aliphatic carbocycles. The number of allylic oxidation sites excluding steroid dienone is 1. The zero-order valence-electron chi connectivity index (χ0n) is 10.7. The van der Waals surface area contributed by atoms with Crippen LogP contribution in [0.5, 0.6) is 5.75 Å². The highest BCUT2D eigenvalue weighted by Crippen LogP contribution is 2.27. The first kappa shape index (κ1) is 14.7. The van der Waals surface area contributed by atoms with E-state index in [1.807, 2.05) is 12.1 Å². The van der Waals surface area contributed by atoms with E-state index in [1.54, 1.807) is 0 Å². The molecule has 1 aromatic rings. The summed E-state index contributed by atoms with van der Waals surface area (Å²) in [5.41, 5.74) is 0.0928. The number of hydrogen-bond donors (Lipinski definition) is 0. The Morgan fingerprint density at radius 3 is 2.84 bits per heavy atom. The number of nitrogens with zero attached hydrogens (tertiary/aromatic N) is 2. The van der Waals surface area contributed by atoms with Gasteiger partial charge in [0.25, 0.3) is 0 Å². The molecule has 0 aliphatic rings. The van der Waals surface area contributed by atoms with Crippen LogP contribution >= 0.6 is 0 Å². The fraction of sp³-hybridized carbons (Fsp3) is 0.357. The van der Waals surface area contributed by atoms with E-state index < -0.39 is 4.92 Å². The number of hydrogen-bond acceptors (Lipinski definition) is 4. The number of benzene rings is 1. The standard InChI is InChI=1S/C14H16N2O3/c1-2-3-4-5-6-9-19-14-8-7-12(11-15)10-13(14)16(17)18/h2,7-8,10H,1,3-6,9H2. The van der Waals surface area contributed by atoms with E-state index in [0.717, 1.165) is 25.7 Å². The number of nitro benzene ring substituents is 1. The van der Waals surface area contributed by atoms with Crippen molar-refractivity contribution in [1.82, 2.24) is 0 Å². The fourth-order valence-corrected chi connectivity index (χ4v) is 1.60. The normalized spacial score (nSPS) is 9.63. The van der Waals surface area contributed by atoms with Crippen molar-refractivity contribution in [2.45, 2.75) is 25.7 Å². The van der Waals surface area contributed by atoms with Crippen molar-refractivity contribution < 1.29 is 9.66 Å². The summed E-state index contributed by atoms with van der Waals surface area (Å²) in [6.45, 7) is 4.08. The first-order valence-electron chi connectivity index (χ1n) is 6.11. The second kappa shape index (κ2) is 7.88. The van der Waals surface area contributed by atoms with Crippen molar-refractivity contribution in [3.8, 4) is 11.8 Å². The van der Waals surface area contributed by atoms with E-state index in [1.165, 1.54) is 18.2 Å². The van der Waals surface area contributed by atoms with Crippen LogP contribution in [0.1, 0.15) is 31.2 Å². The lowest BCUT2D eigenvalue weighted by molar-refractivity contribution is -0.385. The van der Waals surface area contributed by atoms with Crippen LogP contribution < -0.4 is 4.74 Å². The monoisotopic (exact) mass is 260 g/mol. The Morgan fingerprint density at radius 1 is 1.42 bits per heavy atom. The lowest BCUT2D eigenvalue weighted by Crippen LogP contribution is -2.01. The summed E-state index contributed by atoms with van der Waals surface area (Å²) in [5, 5.41) is 19.6. The molecule has 0 saturated carbocycles. The van der Waals surface area contributed by atoms with Crippen LogP contribution in [0.4, 0.5) is 5.69 Å². The van der Waals surface area contributed by atoms with Crippen LogP contribution in [0.15, 0.2) is 30.9 Å². The van der Waals surface area contributed by atoms with Gasteiger partial charge in [0.2, 0.25) is 0 Å². The Bertz CT molecular complexity index is 492. The van der Waals surface area contributed by atoms with E-state index in [9.17, 15) is 10.1 Å². The Labute approximate surface area is 112 Å². The number of nitro groups is 1. The number of nitriles is 1. The molecule has 0 spiro atoms. The second-order valence-electron chi connectivity index (χ2n) is 4.04. The van der Waals surface area contributed by atoms with Gasteiger partial charge in [0, 0.05) is 6.07 Å². The minimum absolute atomic E-state index is 0.162. The molecule has 19 heavy (non-hydrogen) atoms. The summed E-state index contributed by atoms with van der Waals surface area (Å²) >= 11 is 0. The lowest BCUT2D eigenvalue weighted by Gasteiger charge is -2.06. The van der Waals surface area contributed by atoms with Gasteiger partial charge in [-0.15, -0.1) is 6.58 Å². The molecule has 0 fully saturated rings. The fourth-order valence-electron chi connectivity index (χ4n) is 1.60. The average Bonchev–Trinajstić information content (AvgIpc) is 2.42. The molecule has 0 atom stereocenters. The topological polar surface area (TPSA) is 76.2 Å². The zero-order valence-corrected chi connectivity index (χ0v) is 10.7. The molecule has 5 heteroatoms. The molecule has 0 aromatic heterocycles. The van der Waals surface area contributed by atoms with Gasteiger partial charge in [0.15, 0.2) is 5.75 Å². The van der Waals surface area contributed by atoms with Crippen LogP contribution in [-0.2, 0) is 0 Å². The molecule has 1 rings (SSSR count). The summed E-state index contributed by atoms with van der Waals surface area (Å²) in [6, 6.07) is 6.09. The van der Waals surface area contributed by atoms with E-state index in [0.29, 0.717) is 6.61 Å². The molecule has 5 nitrogen and oxygen atoms in total. The van der Waals surface area contributed by atoms with E-state index in [-0.39, 0.29) is 17.0 Å². The summed E-state index contributed by atoms with van der Waals surface area (Å²) in [5.74, 6) is 0.215. The third-order valence-corrected chi connectivity index (χ3v) is 2.59. The van der Waals surface area contributed by atoms with Gasteiger partial charge in [-0.1, -0.05) is 6.08 Å². The summed E-state index contributed by atoms with van der Waals surface area (Å²) in [4.78, 5) is 10.3. The van der Waals surface area contributed by atoms with Crippen LogP contribution in [0, 0.1) is 21.4 Å². The van der Waals surface area contributed by atoms with E-state index in [4.69, 9.17) is 10.00 Å². The summed E-state index contributed by atoms with van der Waals surface area (Å²) in [6.07, 6.45) is 5.72. The predicted octanol–water partition coefficient (Wildman–Crippen LogP) is 3.59. The number of rotatable bonds is 8. The van der Waals surface area contributed by atoms with E-state index >= 15 is 0 Å². The maximum absolute atomic E-state index is 10.9. The van der Waals surface area contributed by atoms with Crippen LogP contribution in [0.2, 0.25) is 0 Å². The molecule has 1 aromatic carbocycles. The highest BCUT2D eigenvalue weighted by atomic mass is 16.6. The molecule has 0 amide bonds. The van der Waals surface area contributed by atoms with Gasteiger partial charge in [-0.25, -0.2) is 0 Å². The first-order chi connectivity index (χ1) is 9.19. The number of ether oxygens (including phenoxy) is 1. The molecule has 0 aliphatic heterocycles. The maximum Gasteiger partial charge on any atom is 0.312 e. The Kier molecular flexibility index (Phi) is 6.10. The highest BCUT2D eigenvalue weighted by molar-refractivity contribution is 5.51.